The fraction of sp³-hybridized carbons (Fsp3) is 0.0714. The second kappa shape index (κ2) is 6.04. The Hall–Kier alpha value is -0.900. The van der Waals surface area contributed by atoms with Gasteiger partial charge in [0.2, 0.25) is 0 Å². The number of hydrogen-bond donors (Lipinski definition) is 0. The summed E-state index contributed by atoms with van der Waals surface area (Å²) in [5.74, 6) is -0.909. The SMILES string of the molecule is O=C(Cc1cc(Cl)ccc1Cl)c1cccc(Br)c1F. The summed E-state index contributed by atoms with van der Waals surface area (Å²) >= 11 is 14.9. The molecule has 0 bridgehead atoms. The minimum Gasteiger partial charge on any atom is -0.294 e. The average molecular weight is 362 g/mol. The molecular formula is C14H8BrCl2FO. The zero-order chi connectivity index (χ0) is 14.0. The van der Waals surface area contributed by atoms with Gasteiger partial charge in [0, 0.05) is 16.5 Å². The van der Waals surface area contributed by atoms with Crippen molar-refractivity contribution in [1.29, 1.82) is 0 Å². The first-order valence-electron chi connectivity index (χ1n) is 5.40. The van der Waals surface area contributed by atoms with Crippen molar-refractivity contribution >= 4 is 44.9 Å². The van der Waals surface area contributed by atoms with E-state index < -0.39 is 5.82 Å². The first-order chi connectivity index (χ1) is 8.99. The monoisotopic (exact) mass is 360 g/mol. The molecule has 0 aromatic heterocycles. The molecule has 0 fully saturated rings. The summed E-state index contributed by atoms with van der Waals surface area (Å²) in [5.41, 5.74) is 0.615. The van der Waals surface area contributed by atoms with E-state index in [0.29, 0.717) is 15.6 Å². The molecule has 0 N–H and O–H groups in total. The standard InChI is InChI=1S/C14H8BrCl2FO/c15-11-3-1-2-10(14(11)18)13(19)7-8-6-9(16)4-5-12(8)17/h1-6H,7H2. The van der Waals surface area contributed by atoms with E-state index in [4.69, 9.17) is 23.2 Å². The van der Waals surface area contributed by atoms with Crippen LogP contribution in [0.2, 0.25) is 10.0 Å². The number of carbonyl (C=O) groups is 1. The number of carbonyl (C=O) groups excluding carboxylic acids is 1. The molecule has 5 heteroatoms. The number of hydrogen-bond acceptors (Lipinski definition) is 1. The summed E-state index contributed by atoms with van der Waals surface area (Å²) in [6.07, 6.45) is 0.00671. The molecule has 19 heavy (non-hydrogen) atoms. The quantitative estimate of drug-likeness (QED) is 0.676. The third-order valence-corrected chi connectivity index (χ3v) is 3.83. The predicted molar refractivity (Wildman–Crippen MR) is 78.6 cm³/mol. The number of rotatable bonds is 3. The highest BCUT2D eigenvalue weighted by Gasteiger charge is 2.15. The van der Waals surface area contributed by atoms with Crippen LogP contribution in [0.3, 0.4) is 0 Å². The largest absolute Gasteiger partial charge is 0.294 e. The summed E-state index contributed by atoms with van der Waals surface area (Å²) in [6.45, 7) is 0. The van der Waals surface area contributed by atoms with Crippen molar-refractivity contribution < 1.29 is 9.18 Å². The minimum absolute atomic E-state index is 0.00671. The maximum atomic E-state index is 13.8. The van der Waals surface area contributed by atoms with Crippen LogP contribution in [-0.4, -0.2) is 5.78 Å². The maximum Gasteiger partial charge on any atom is 0.170 e. The summed E-state index contributed by atoms with van der Waals surface area (Å²) in [7, 11) is 0. The van der Waals surface area contributed by atoms with E-state index in [1.807, 2.05) is 0 Å². The molecule has 0 atom stereocenters. The molecule has 0 unspecified atom stereocenters. The Balaban J connectivity index is 2.31. The summed E-state index contributed by atoms with van der Waals surface area (Å²) in [5, 5.41) is 0.926. The van der Waals surface area contributed by atoms with Gasteiger partial charge in [-0.25, -0.2) is 4.39 Å². The van der Waals surface area contributed by atoms with E-state index in [2.05, 4.69) is 15.9 Å². The van der Waals surface area contributed by atoms with Crippen LogP contribution in [0.4, 0.5) is 4.39 Å². The Morgan fingerprint density at radius 2 is 1.95 bits per heavy atom. The predicted octanol–water partition coefficient (Wildman–Crippen LogP) is 5.32. The number of halogens is 4. The lowest BCUT2D eigenvalue weighted by atomic mass is 10.0. The molecule has 98 valence electrons. The van der Waals surface area contributed by atoms with Crippen LogP contribution >= 0.6 is 39.1 Å². The van der Waals surface area contributed by atoms with Crippen molar-refractivity contribution in [3.8, 4) is 0 Å². The van der Waals surface area contributed by atoms with Gasteiger partial charge in [0.25, 0.3) is 0 Å². The van der Waals surface area contributed by atoms with Crippen molar-refractivity contribution in [2.45, 2.75) is 6.42 Å². The number of benzene rings is 2. The van der Waals surface area contributed by atoms with Crippen molar-refractivity contribution in [2.75, 3.05) is 0 Å². The van der Waals surface area contributed by atoms with Crippen molar-refractivity contribution in [2.24, 2.45) is 0 Å². The third-order valence-electron chi connectivity index (χ3n) is 2.61. The van der Waals surface area contributed by atoms with E-state index in [1.54, 1.807) is 30.3 Å². The van der Waals surface area contributed by atoms with Crippen molar-refractivity contribution in [3.05, 3.63) is 67.9 Å². The van der Waals surface area contributed by atoms with Gasteiger partial charge in [0.15, 0.2) is 5.78 Å². The smallest absolute Gasteiger partial charge is 0.170 e. The van der Waals surface area contributed by atoms with Crippen LogP contribution in [0.15, 0.2) is 40.9 Å². The van der Waals surface area contributed by atoms with Crippen LogP contribution in [0.5, 0.6) is 0 Å². The van der Waals surface area contributed by atoms with Crippen molar-refractivity contribution in [1.82, 2.24) is 0 Å². The zero-order valence-corrected chi connectivity index (χ0v) is 12.7. The lowest BCUT2D eigenvalue weighted by Gasteiger charge is -2.06. The Bertz CT molecular complexity index is 643. The lowest BCUT2D eigenvalue weighted by Crippen LogP contribution is -2.07. The van der Waals surface area contributed by atoms with Crippen LogP contribution < -0.4 is 0 Å². The highest BCUT2D eigenvalue weighted by atomic mass is 79.9. The zero-order valence-electron chi connectivity index (χ0n) is 9.59. The molecule has 0 saturated heterocycles. The van der Waals surface area contributed by atoms with E-state index >= 15 is 0 Å². The molecule has 1 nitrogen and oxygen atoms in total. The molecule has 0 heterocycles. The summed E-state index contributed by atoms with van der Waals surface area (Å²) in [6, 6.07) is 9.46. The van der Waals surface area contributed by atoms with E-state index in [1.165, 1.54) is 6.07 Å². The fourth-order valence-corrected chi connectivity index (χ4v) is 2.41. The van der Waals surface area contributed by atoms with Gasteiger partial charge < -0.3 is 0 Å². The second-order valence-corrected chi connectivity index (χ2v) is 5.64. The van der Waals surface area contributed by atoms with Gasteiger partial charge in [-0.1, -0.05) is 29.3 Å². The average Bonchev–Trinajstić information content (AvgIpc) is 2.37. The Morgan fingerprint density at radius 1 is 1.21 bits per heavy atom. The number of ketones is 1. The lowest BCUT2D eigenvalue weighted by molar-refractivity contribution is 0.0989. The van der Waals surface area contributed by atoms with E-state index in [-0.39, 0.29) is 22.2 Å². The van der Waals surface area contributed by atoms with Crippen LogP contribution in [-0.2, 0) is 6.42 Å². The third kappa shape index (κ3) is 3.35. The Kier molecular flexibility index (Phi) is 4.61. The summed E-state index contributed by atoms with van der Waals surface area (Å²) in [4.78, 5) is 12.1. The molecule has 0 saturated carbocycles. The topological polar surface area (TPSA) is 17.1 Å². The van der Waals surface area contributed by atoms with Gasteiger partial charge in [0.05, 0.1) is 10.0 Å². The summed E-state index contributed by atoms with van der Waals surface area (Å²) < 4.78 is 14.1. The van der Waals surface area contributed by atoms with Gasteiger partial charge >= 0.3 is 0 Å². The molecule has 0 aliphatic rings. The second-order valence-electron chi connectivity index (χ2n) is 3.94. The molecular weight excluding hydrogens is 354 g/mol. The normalized spacial score (nSPS) is 10.5. The molecule has 2 rings (SSSR count). The molecule has 2 aromatic carbocycles. The van der Waals surface area contributed by atoms with Gasteiger partial charge in [0.1, 0.15) is 5.82 Å². The molecule has 0 spiro atoms. The molecule has 0 amide bonds. The van der Waals surface area contributed by atoms with Gasteiger partial charge in [-0.2, -0.15) is 0 Å². The fourth-order valence-electron chi connectivity index (χ4n) is 1.67. The molecule has 0 aliphatic heterocycles. The van der Waals surface area contributed by atoms with Crippen LogP contribution in [0, 0.1) is 5.82 Å². The van der Waals surface area contributed by atoms with E-state index in [9.17, 15) is 9.18 Å². The first kappa shape index (κ1) is 14.5. The first-order valence-corrected chi connectivity index (χ1v) is 6.95. The van der Waals surface area contributed by atoms with Crippen molar-refractivity contribution in [3.63, 3.8) is 0 Å². The van der Waals surface area contributed by atoms with Gasteiger partial charge in [-0.3, -0.25) is 4.79 Å². The highest BCUT2D eigenvalue weighted by Crippen LogP contribution is 2.24. The molecule has 2 aromatic rings. The maximum absolute atomic E-state index is 13.8. The minimum atomic E-state index is -0.564. The Morgan fingerprint density at radius 3 is 2.68 bits per heavy atom. The molecule has 0 aliphatic carbocycles. The highest BCUT2D eigenvalue weighted by molar-refractivity contribution is 9.10. The Labute approximate surface area is 128 Å². The number of Topliss-reactive ketones (excluding diaryl/α,β-unsaturated/α-hetero) is 1. The van der Waals surface area contributed by atoms with Crippen LogP contribution in [0.1, 0.15) is 15.9 Å². The molecule has 0 radical (unpaired) electrons. The van der Waals surface area contributed by atoms with E-state index in [0.717, 1.165) is 0 Å². The van der Waals surface area contributed by atoms with Gasteiger partial charge in [-0.15, -0.1) is 0 Å². The van der Waals surface area contributed by atoms with Gasteiger partial charge in [-0.05, 0) is 51.8 Å². The van der Waals surface area contributed by atoms with Crippen LogP contribution in [0.25, 0.3) is 0 Å².